The van der Waals surface area contributed by atoms with Crippen LogP contribution >= 0.6 is 0 Å². The van der Waals surface area contributed by atoms with Gasteiger partial charge in [-0.15, -0.1) is 0 Å². The first kappa shape index (κ1) is 21.8. The fourth-order valence-corrected chi connectivity index (χ4v) is 6.10. The third-order valence-corrected chi connectivity index (χ3v) is 7.32. The Hall–Kier alpha value is -3.02. The molecule has 0 spiro atoms. The first-order chi connectivity index (χ1) is 15.5. The van der Waals surface area contributed by atoms with Crippen molar-refractivity contribution in [2.24, 2.45) is 10.3 Å². The van der Waals surface area contributed by atoms with Gasteiger partial charge in [0.05, 0.1) is 6.42 Å². The van der Waals surface area contributed by atoms with E-state index in [0.717, 1.165) is 35.9 Å². The van der Waals surface area contributed by atoms with E-state index in [4.69, 9.17) is 9.68 Å². The van der Waals surface area contributed by atoms with E-state index in [1.165, 1.54) is 33.4 Å². The first-order valence-corrected chi connectivity index (χ1v) is 11.8. The summed E-state index contributed by atoms with van der Waals surface area (Å²) in [5, 5.41) is 9.21. The number of aryl methyl sites for hydroxylation is 6. The molecule has 0 aromatic heterocycles. The Morgan fingerprint density at radius 1 is 0.636 bits per heavy atom. The van der Waals surface area contributed by atoms with Crippen LogP contribution < -0.4 is 0 Å². The third kappa shape index (κ3) is 3.30. The van der Waals surface area contributed by atoms with E-state index in [1.54, 1.807) is 0 Å². The fourth-order valence-electron chi connectivity index (χ4n) is 6.10. The number of rotatable bonds is 2. The van der Waals surface area contributed by atoms with Crippen LogP contribution in [0.2, 0.25) is 0 Å². The van der Waals surface area contributed by atoms with E-state index < -0.39 is 11.4 Å². The lowest BCUT2D eigenvalue weighted by molar-refractivity contribution is -0.155. The van der Waals surface area contributed by atoms with Gasteiger partial charge in [-0.25, -0.2) is 0 Å². The minimum atomic E-state index is -0.606. The van der Waals surface area contributed by atoms with Crippen molar-refractivity contribution in [1.82, 2.24) is 9.80 Å². The highest BCUT2D eigenvalue weighted by atomic mass is 16.7. The molecule has 2 aromatic rings. The molecular formula is C27H34N4O2. The monoisotopic (exact) mass is 446 g/mol. The van der Waals surface area contributed by atoms with Crippen molar-refractivity contribution >= 4 is 11.7 Å². The standard InChI is InChI=1S/C27H34N4O2/c1-16-11-18(3)22(19(4)12-16)24-28-32-26(7)15-27(8)31(10-9-30(24)26)25(29-33-27)23-20(5)13-17(2)14-21(23)6/h11-14H,9-10,15H2,1-8H3/t26-,27+. The quantitative estimate of drug-likeness (QED) is 0.647. The summed E-state index contributed by atoms with van der Waals surface area (Å²) in [5.41, 5.74) is 8.53. The van der Waals surface area contributed by atoms with Gasteiger partial charge in [-0.3, -0.25) is 0 Å². The predicted octanol–water partition coefficient (Wildman–Crippen LogP) is 5.06. The van der Waals surface area contributed by atoms with Crippen molar-refractivity contribution in [1.29, 1.82) is 0 Å². The summed E-state index contributed by atoms with van der Waals surface area (Å²) in [5.74, 6) is 1.83. The van der Waals surface area contributed by atoms with Gasteiger partial charge in [-0.2, -0.15) is 0 Å². The van der Waals surface area contributed by atoms with Gasteiger partial charge in [-0.05, 0) is 77.6 Å². The summed E-state index contributed by atoms with van der Waals surface area (Å²) in [6, 6.07) is 8.87. The molecule has 0 bridgehead atoms. The molecule has 2 aromatic carbocycles. The highest BCUT2D eigenvalue weighted by Gasteiger charge is 2.56. The second kappa shape index (κ2) is 7.24. The zero-order valence-electron chi connectivity index (χ0n) is 21.0. The maximum atomic E-state index is 6.17. The Kier molecular flexibility index (Phi) is 4.78. The number of benzene rings is 2. The van der Waals surface area contributed by atoms with Crippen LogP contribution in [0.1, 0.15) is 64.8 Å². The summed E-state index contributed by atoms with van der Waals surface area (Å²) in [6.45, 7) is 18.6. The number of hydrogen-bond donors (Lipinski definition) is 0. The zero-order chi connectivity index (χ0) is 23.7. The lowest BCUT2D eigenvalue weighted by Crippen LogP contribution is -2.51. The topological polar surface area (TPSA) is 49.7 Å². The molecule has 6 nitrogen and oxygen atoms in total. The second-order valence-electron chi connectivity index (χ2n) is 10.4. The Morgan fingerprint density at radius 3 is 1.30 bits per heavy atom. The maximum absolute atomic E-state index is 6.17. The van der Waals surface area contributed by atoms with Gasteiger partial charge in [-0.1, -0.05) is 45.7 Å². The summed E-state index contributed by atoms with van der Waals surface area (Å²) in [4.78, 5) is 17.0. The molecule has 1 fully saturated rings. The molecule has 1 saturated heterocycles. The van der Waals surface area contributed by atoms with E-state index in [1.807, 2.05) is 0 Å². The first-order valence-electron chi connectivity index (χ1n) is 11.8. The summed E-state index contributed by atoms with van der Waals surface area (Å²) in [6.07, 6.45) is 0.619. The van der Waals surface area contributed by atoms with Crippen LogP contribution in [0.25, 0.3) is 0 Å². The van der Waals surface area contributed by atoms with Crippen LogP contribution in [0.4, 0.5) is 0 Å². The third-order valence-electron chi connectivity index (χ3n) is 7.32. The Bertz CT molecular complexity index is 1080. The molecule has 33 heavy (non-hydrogen) atoms. The van der Waals surface area contributed by atoms with Crippen LogP contribution in [0.5, 0.6) is 0 Å². The molecule has 2 atom stereocenters. The molecule has 174 valence electrons. The Balaban J connectivity index is 1.52. The van der Waals surface area contributed by atoms with E-state index in [0.29, 0.717) is 6.42 Å². The van der Waals surface area contributed by atoms with Crippen LogP contribution in [0.15, 0.2) is 34.6 Å². The van der Waals surface area contributed by atoms with Crippen molar-refractivity contribution in [3.63, 3.8) is 0 Å². The molecule has 0 radical (unpaired) electrons. The van der Waals surface area contributed by atoms with Crippen molar-refractivity contribution in [2.75, 3.05) is 13.1 Å². The van der Waals surface area contributed by atoms with E-state index in [-0.39, 0.29) is 0 Å². The SMILES string of the molecule is Cc1cc(C)c(C2=NO[C@]3(C)C[C@]4(C)ON=C(c5c(C)cc(C)cc5C)N4CCN23)c(C)c1. The highest BCUT2D eigenvalue weighted by molar-refractivity contribution is 6.03. The molecule has 3 heterocycles. The van der Waals surface area contributed by atoms with Gasteiger partial charge >= 0.3 is 0 Å². The highest BCUT2D eigenvalue weighted by Crippen LogP contribution is 2.43. The second-order valence-corrected chi connectivity index (χ2v) is 10.4. The van der Waals surface area contributed by atoms with Crippen molar-refractivity contribution in [3.8, 4) is 0 Å². The van der Waals surface area contributed by atoms with Gasteiger partial charge in [0.15, 0.2) is 11.7 Å². The average molecular weight is 447 g/mol. The summed E-state index contributed by atoms with van der Waals surface area (Å²) >= 11 is 0. The maximum Gasteiger partial charge on any atom is 0.214 e. The largest absolute Gasteiger partial charge is 0.365 e. The van der Waals surface area contributed by atoms with Crippen molar-refractivity contribution in [2.45, 2.75) is 73.3 Å². The Labute approximate surface area is 196 Å². The fraction of sp³-hybridized carbons (Fsp3) is 0.481. The minimum Gasteiger partial charge on any atom is -0.365 e. The molecule has 0 saturated carbocycles. The van der Waals surface area contributed by atoms with E-state index >= 15 is 0 Å². The molecule has 0 aliphatic carbocycles. The lowest BCUT2D eigenvalue weighted by atomic mass is 9.95. The molecule has 0 N–H and O–H groups in total. The van der Waals surface area contributed by atoms with Gasteiger partial charge < -0.3 is 19.5 Å². The average Bonchev–Trinajstić information content (AvgIpc) is 3.12. The lowest BCUT2D eigenvalue weighted by Gasteiger charge is -2.37. The number of hydrogen-bond acceptors (Lipinski definition) is 6. The van der Waals surface area contributed by atoms with Crippen LogP contribution in [0.3, 0.4) is 0 Å². The van der Waals surface area contributed by atoms with Gasteiger partial charge in [0, 0.05) is 24.2 Å². The zero-order valence-corrected chi connectivity index (χ0v) is 21.0. The minimum absolute atomic E-state index is 0.606. The van der Waals surface area contributed by atoms with Crippen molar-refractivity contribution in [3.05, 3.63) is 68.8 Å². The normalized spacial score (nSPS) is 26.2. The van der Waals surface area contributed by atoms with Crippen LogP contribution in [0, 0.1) is 41.5 Å². The molecule has 0 amide bonds. The molecule has 0 unspecified atom stereocenters. The van der Waals surface area contributed by atoms with Crippen LogP contribution in [-0.2, 0) is 9.68 Å². The van der Waals surface area contributed by atoms with Gasteiger partial charge in [0.25, 0.3) is 0 Å². The van der Waals surface area contributed by atoms with Gasteiger partial charge in [0.2, 0.25) is 11.4 Å². The van der Waals surface area contributed by atoms with Gasteiger partial charge in [0.1, 0.15) is 0 Å². The van der Waals surface area contributed by atoms with Crippen molar-refractivity contribution < 1.29 is 9.68 Å². The summed E-state index contributed by atoms with van der Waals surface area (Å²) < 4.78 is 0. The van der Waals surface area contributed by atoms with E-state index in [9.17, 15) is 0 Å². The molecule has 6 heteroatoms. The molecule has 3 aliphatic rings. The molecular weight excluding hydrogens is 412 g/mol. The smallest absolute Gasteiger partial charge is 0.214 e. The molecule has 3 aliphatic heterocycles. The number of amidine groups is 2. The van der Waals surface area contributed by atoms with E-state index in [2.05, 4.69) is 99.8 Å². The summed E-state index contributed by atoms with van der Waals surface area (Å²) in [7, 11) is 0. The number of fused-ring (bicyclic) bond motifs is 2. The number of oxime groups is 2. The predicted molar refractivity (Wildman–Crippen MR) is 131 cm³/mol. The molecule has 5 rings (SSSR count). The Morgan fingerprint density at radius 2 is 0.970 bits per heavy atom. The number of nitrogens with zero attached hydrogens (tertiary/aromatic N) is 4. The van der Waals surface area contributed by atoms with Crippen LogP contribution in [-0.4, -0.2) is 46.0 Å².